The topological polar surface area (TPSA) is 38.9 Å². The standard InChI is InChI=1S/C9H10ClF3N2.ClH/c10-8-6(2-1-5-15-8)7(14)3-4-9(11,12)13;/h1-2,5,7H,3-4,14H2;1H/t7-;/m1./s1. The number of hydrogen-bond donors (Lipinski definition) is 1. The smallest absolute Gasteiger partial charge is 0.324 e. The minimum absolute atomic E-state index is 0. The fourth-order valence-corrected chi connectivity index (χ4v) is 1.41. The molecule has 1 aromatic rings. The first-order valence-electron chi connectivity index (χ1n) is 4.33. The van der Waals surface area contributed by atoms with Crippen LogP contribution in [0.15, 0.2) is 18.3 Å². The van der Waals surface area contributed by atoms with Gasteiger partial charge in [-0.25, -0.2) is 4.98 Å². The largest absolute Gasteiger partial charge is 0.389 e. The predicted octanol–water partition coefficient (Wildman–Crippen LogP) is 3.50. The minimum Gasteiger partial charge on any atom is -0.324 e. The molecule has 0 aromatic carbocycles. The molecule has 92 valence electrons. The third-order valence-corrected chi connectivity index (χ3v) is 2.24. The number of alkyl halides is 3. The molecule has 0 bridgehead atoms. The lowest BCUT2D eigenvalue weighted by Gasteiger charge is -2.14. The van der Waals surface area contributed by atoms with Crippen LogP contribution in [0.5, 0.6) is 0 Å². The van der Waals surface area contributed by atoms with Crippen molar-refractivity contribution in [2.45, 2.75) is 25.1 Å². The van der Waals surface area contributed by atoms with Gasteiger partial charge in [0.25, 0.3) is 0 Å². The SMILES string of the molecule is Cl.N[C@H](CCC(F)(F)F)c1cccnc1Cl. The highest BCUT2D eigenvalue weighted by Crippen LogP contribution is 2.28. The van der Waals surface area contributed by atoms with Gasteiger partial charge in [0.1, 0.15) is 5.15 Å². The van der Waals surface area contributed by atoms with Crippen LogP contribution in [0.2, 0.25) is 5.15 Å². The summed E-state index contributed by atoms with van der Waals surface area (Å²) in [7, 11) is 0. The van der Waals surface area contributed by atoms with Gasteiger partial charge in [-0.15, -0.1) is 12.4 Å². The highest BCUT2D eigenvalue weighted by Gasteiger charge is 2.28. The van der Waals surface area contributed by atoms with Crippen molar-refractivity contribution in [3.8, 4) is 0 Å². The molecule has 0 aliphatic rings. The van der Waals surface area contributed by atoms with Gasteiger partial charge in [-0.3, -0.25) is 0 Å². The molecular formula is C9H11Cl2F3N2. The summed E-state index contributed by atoms with van der Waals surface area (Å²) in [6.07, 6.45) is -3.83. The Morgan fingerprint density at radius 3 is 2.56 bits per heavy atom. The van der Waals surface area contributed by atoms with Crippen molar-refractivity contribution >= 4 is 24.0 Å². The lowest BCUT2D eigenvalue weighted by atomic mass is 10.1. The van der Waals surface area contributed by atoms with Crippen LogP contribution in [0, 0.1) is 0 Å². The van der Waals surface area contributed by atoms with Gasteiger partial charge in [0.15, 0.2) is 0 Å². The van der Waals surface area contributed by atoms with E-state index < -0.39 is 18.6 Å². The Labute approximate surface area is 102 Å². The second kappa shape index (κ2) is 6.27. The van der Waals surface area contributed by atoms with Crippen LogP contribution < -0.4 is 5.73 Å². The summed E-state index contributed by atoms with van der Waals surface area (Å²) in [6.45, 7) is 0. The third kappa shape index (κ3) is 5.01. The van der Waals surface area contributed by atoms with Crippen LogP contribution in [0.3, 0.4) is 0 Å². The van der Waals surface area contributed by atoms with Crippen LogP contribution in [0.1, 0.15) is 24.4 Å². The summed E-state index contributed by atoms with van der Waals surface area (Å²) in [6, 6.07) is 2.44. The predicted molar refractivity (Wildman–Crippen MR) is 58.7 cm³/mol. The Kier molecular flexibility index (Phi) is 6.07. The summed E-state index contributed by atoms with van der Waals surface area (Å²) in [4.78, 5) is 3.75. The summed E-state index contributed by atoms with van der Waals surface area (Å²) >= 11 is 5.70. The molecule has 0 unspecified atom stereocenters. The molecule has 0 aliphatic heterocycles. The average Bonchev–Trinajstić information content (AvgIpc) is 2.14. The van der Waals surface area contributed by atoms with Crippen molar-refractivity contribution in [2.75, 3.05) is 0 Å². The quantitative estimate of drug-likeness (QED) is 0.857. The maximum absolute atomic E-state index is 11.9. The molecular weight excluding hydrogens is 264 g/mol. The van der Waals surface area contributed by atoms with Gasteiger partial charge in [-0.2, -0.15) is 13.2 Å². The molecule has 2 N–H and O–H groups in total. The van der Waals surface area contributed by atoms with E-state index in [1.165, 1.54) is 6.20 Å². The lowest BCUT2D eigenvalue weighted by molar-refractivity contribution is -0.136. The number of rotatable bonds is 3. The van der Waals surface area contributed by atoms with Gasteiger partial charge >= 0.3 is 6.18 Å². The first-order chi connectivity index (χ1) is 6.90. The van der Waals surface area contributed by atoms with E-state index in [1.807, 2.05) is 0 Å². The number of hydrogen-bond acceptors (Lipinski definition) is 2. The van der Waals surface area contributed by atoms with Crippen LogP contribution >= 0.6 is 24.0 Å². The molecule has 0 spiro atoms. The first-order valence-corrected chi connectivity index (χ1v) is 4.70. The number of nitrogens with two attached hydrogens (primary N) is 1. The van der Waals surface area contributed by atoms with E-state index in [1.54, 1.807) is 12.1 Å². The monoisotopic (exact) mass is 274 g/mol. The van der Waals surface area contributed by atoms with Crippen LogP contribution in [-0.2, 0) is 0 Å². The molecule has 0 aliphatic carbocycles. The molecule has 1 atom stereocenters. The number of halogens is 5. The summed E-state index contributed by atoms with van der Waals surface area (Å²) in [5.41, 5.74) is 6.03. The second-order valence-electron chi connectivity index (χ2n) is 3.14. The Balaban J connectivity index is 0.00000225. The van der Waals surface area contributed by atoms with Crippen LogP contribution in [0.25, 0.3) is 0 Å². The number of pyridine rings is 1. The Morgan fingerprint density at radius 2 is 2.06 bits per heavy atom. The van der Waals surface area contributed by atoms with Crippen molar-refractivity contribution in [3.05, 3.63) is 29.0 Å². The molecule has 16 heavy (non-hydrogen) atoms. The molecule has 1 heterocycles. The van der Waals surface area contributed by atoms with E-state index in [0.29, 0.717) is 5.56 Å². The third-order valence-electron chi connectivity index (χ3n) is 1.93. The first kappa shape index (κ1) is 15.5. The van der Waals surface area contributed by atoms with Gasteiger partial charge in [0, 0.05) is 24.2 Å². The van der Waals surface area contributed by atoms with E-state index in [-0.39, 0.29) is 24.0 Å². The number of nitrogens with zero attached hydrogens (tertiary/aromatic N) is 1. The zero-order valence-electron chi connectivity index (χ0n) is 8.17. The minimum atomic E-state index is -4.19. The highest BCUT2D eigenvalue weighted by molar-refractivity contribution is 6.30. The van der Waals surface area contributed by atoms with E-state index in [4.69, 9.17) is 17.3 Å². The van der Waals surface area contributed by atoms with Crippen molar-refractivity contribution < 1.29 is 13.2 Å². The molecule has 0 amide bonds. The molecule has 0 saturated carbocycles. The maximum Gasteiger partial charge on any atom is 0.389 e. The Bertz CT molecular complexity index is 331. The molecule has 0 saturated heterocycles. The van der Waals surface area contributed by atoms with E-state index in [0.717, 1.165) is 0 Å². The highest BCUT2D eigenvalue weighted by atomic mass is 35.5. The summed E-state index contributed by atoms with van der Waals surface area (Å²) < 4.78 is 35.8. The zero-order chi connectivity index (χ0) is 11.5. The van der Waals surface area contributed by atoms with Crippen LogP contribution in [0.4, 0.5) is 13.2 Å². The van der Waals surface area contributed by atoms with Crippen molar-refractivity contribution in [1.29, 1.82) is 0 Å². The molecule has 1 rings (SSSR count). The van der Waals surface area contributed by atoms with E-state index in [9.17, 15) is 13.2 Å². The summed E-state index contributed by atoms with van der Waals surface area (Å²) in [5.74, 6) is 0. The van der Waals surface area contributed by atoms with Gasteiger partial charge in [-0.1, -0.05) is 17.7 Å². The fraction of sp³-hybridized carbons (Fsp3) is 0.444. The second-order valence-corrected chi connectivity index (χ2v) is 3.50. The molecule has 1 aromatic heterocycles. The van der Waals surface area contributed by atoms with Gasteiger partial charge in [-0.05, 0) is 12.5 Å². The molecule has 0 radical (unpaired) electrons. The van der Waals surface area contributed by atoms with Gasteiger partial charge in [0.05, 0.1) is 0 Å². The van der Waals surface area contributed by atoms with Crippen molar-refractivity contribution in [3.63, 3.8) is 0 Å². The normalized spacial score (nSPS) is 13.1. The van der Waals surface area contributed by atoms with Crippen molar-refractivity contribution in [2.24, 2.45) is 5.73 Å². The molecule has 7 heteroatoms. The van der Waals surface area contributed by atoms with Gasteiger partial charge in [0.2, 0.25) is 0 Å². The Hall–Kier alpha value is -0.520. The summed E-state index contributed by atoms with van der Waals surface area (Å²) in [5, 5.41) is 0.159. The van der Waals surface area contributed by atoms with Gasteiger partial charge < -0.3 is 5.73 Å². The lowest BCUT2D eigenvalue weighted by Crippen LogP contribution is -2.16. The van der Waals surface area contributed by atoms with E-state index in [2.05, 4.69) is 4.98 Å². The van der Waals surface area contributed by atoms with Crippen LogP contribution in [-0.4, -0.2) is 11.2 Å². The fourth-order valence-electron chi connectivity index (χ4n) is 1.15. The molecule has 0 fully saturated rings. The van der Waals surface area contributed by atoms with Crippen molar-refractivity contribution in [1.82, 2.24) is 4.98 Å². The Morgan fingerprint density at radius 1 is 1.44 bits per heavy atom. The maximum atomic E-state index is 11.9. The number of aromatic nitrogens is 1. The average molecular weight is 275 g/mol. The zero-order valence-corrected chi connectivity index (χ0v) is 9.74. The molecule has 2 nitrogen and oxygen atoms in total. The van der Waals surface area contributed by atoms with E-state index >= 15 is 0 Å².